The standard InChI is InChI=1S/C9H13ClN2O2S2/c10-8-3-4-9(15-8)16(13,14)12-5-1-2-7(12)6-11/h3-4,7H,1-2,5-6,11H2. The van der Waals surface area contributed by atoms with Crippen LogP contribution >= 0.6 is 22.9 Å². The zero-order valence-electron chi connectivity index (χ0n) is 8.60. The molecule has 0 aliphatic carbocycles. The Balaban J connectivity index is 2.32. The van der Waals surface area contributed by atoms with Gasteiger partial charge in [0.1, 0.15) is 4.21 Å². The lowest BCUT2D eigenvalue weighted by atomic mass is 10.2. The highest BCUT2D eigenvalue weighted by Gasteiger charge is 2.35. The number of hydrogen-bond acceptors (Lipinski definition) is 4. The molecule has 0 bridgehead atoms. The topological polar surface area (TPSA) is 63.4 Å². The molecule has 0 spiro atoms. The summed E-state index contributed by atoms with van der Waals surface area (Å²) in [4.78, 5) is 0. The largest absolute Gasteiger partial charge is 0.329 e. The molecule has 16 heavy (non-hydrogen) atoms. The summed E-state index contributed by atoms with van der Waals surface area (Å²) < 4.78 is 26.8. The highest BCUT2D eigenvalue weighted by Crippen LogP contribution is 2.31. The molecule has 1 aromatic heterocycles. The Labute approximate surface area is 104 Å². The molecule has 90 valence electrons. The SMILES string of the molecule is NCC1CCCN1S(=O)(=O)c1ccc(Cl)s1. The van der Waals surface area contributed by atoms with Crippen molar-refractivity contribution in [2.75, 3.05) is 13.1 Å². The molecule has 0 amide bonds. The van der Waals surface area contributed by atoms with Crippen LogP contribution < -0.4 is 5.73 Å². The molecule has 1 aliphatic rings. The summed E-state index contributed by atoms with van der Waals surface area (Å²) in [6.07, 6.45) is 1.72. The van der Waals surface area contributed by atoms with Gasteiger partial charge in [-0.2, -0.15) is 4.31 Å². The fraction of sp³-hybridized carbons (Fsp3) is 0.556. The van der Waals surface area contributed by atoms with E-state index in [1.165, 1.54) is 4.31 Å². The minimum Gasteiger partial charge on any atom is -0.329 e. The van der Waals surface area contributed by atoms with Crippen molar-refractivity contribution in [1.29, 1.82) is 0 Å². The highest BCUT2D eigenvalue weighted by atomic mass is 35.5. The second-order valence-electron chi connectivity index (χ2n) is 3.71. The van der Waals surface area contributed by atoms with Gasteiger partial charge in [-0.05, 0) is 25.0 Å². The van der Waals surface area contributed by atoms with Crippen LogP contribution in [0.5, 0.6) is 0 Å². The van der Waals surface area contributed by atoms with Crippen molar-refractivity contribution in [2.24, 2.45) is 5.73 Å². The van der Waals surface area contributed by atoms with E-state index in [0.717, 1.165) is 24.2 Å². The van der Waals surface area contributed by atoms with E-state index in [4.69, 9.17) is 17.3 Å². The molecule has 1 atom stereocenters. The van der Waals surface area contributed by atoms with E-state index in [1.807, 2.05) is 0 Å². The predicted octanol–water partition coefficient (Wildman–Crippen LogP) is 1.51. The second-order valence-corrected chi connectivity index (χ2v) is 7.54. The third-order valence-corrected chi connectivity index (χ3v) is 6.36. The molecule has 1 unspecified atom stereocenters. The molecule has 1 fully saturated rings. The number of nitrogens with two attached hydrogens (primary N) is 1. The maximum Gasteiger partial charge on any atom is 0.252 e. The third kappa shape index (κ3) is 2.12. The number of nitrogens with zero attached hydrogens (tertiary/aromatic N) is 1. The van der Waals surface area contributed by atoms with Gasteiger partial charge in [0.15, 0.2) is 0 Å². The highest BCUT2D eigenvalue weighted by molar-refractivity contribution is 7.91. The molecular weight excluding hydrogens is 268 g/mol. The van der Waals surface area contributed by atoms with Crippen LogP contribution in [-0.2, 0) is 10.0 Å². The van der Waals surface area contributed by atoms with E-state index in [-0.39, 0.29) is 6.04 Å². The lowest BCUT2D eigenvalue weighted by molar-refractivity contribution is 0.394. The van der Waals surface area contributed by atoms with E-state index in [2.05, 4.69) is 0 Å². The molecule has 7 heteroatoms. The van der Waals surface area contributed by atoms with Crippen LogP contribution in [-0.4, -0.2) is 31.9 Å². The van der Waals surface area contributed by atoms with Gasteiger partial charge in [0, 0.05) is 19.1 Å². The van der Waals surface area contributed by atoms with Gasteiger partial charge in [-0.15, -0.1) is 11.3 Å². The van der Waals surface area contributed by atoms with Crippen LogP contribution in [0.25, 0.3) is 0 Å². The zero-order chi connectivity index (χ0) is 11.8. The van der Waals surface area contributed by atoms with Gasteiger partial charge in [0.05, 0.1) is 4.34 Å². The first-order valence-corrected chi connectivity index (χ1v) is 7.66. The summed E-state index contributed by atoms with van der Waals surface area (Å²) in [6, 6.07) is 3.09. The van der Waals surface area contributed by atoms with Gasteiger partial charge >= 0.3 is 0 Å². The van der Waals surface area contributed by atoms with E-state index in [1.54, 1.807) is 12.1 Å². The molecule has 0 radical (unpaired) electrons. The van der Waals surface area contributed by atoms with Crippen LogP contribution in [0.15, 0.2) is 16.3 Å². The van der Waals surface area contributed by atoms with Crippen molar-refractivity contribution in [3.63, 3.8) is 0 Å². The summed E-state index contributed by atoms with van der Waals surface area (Å²) in [6.45, 7) is 0.929. The molecule has 1 saturated heterocycles. The number of sulfonamides is 1. The second kappa shape index (κ2) is 4.62. The Kier molecular flexibility index (Phi) is 3.56. The maximum absolute atomic E-state index is 12.2. The van der Waals surface area contributed by atoms with Crippen molar-refractivity contribution >= 4 is 33.0 Å². The molecule has 1 aromatic rings. The van der Waals surface area contributed by atoms with Crippen LogP contribution in [0.1, 0.15) is 12.8 Å². The molecule has 2 heterocycles. The number of thiophene rings is 1. The van der Waals surface area contributed by atoms with Gasteiger partial charge in [0.25, 0.3) is 10.0 Å². The normalized spacial score (nSPS) is 22.8. The van der Waals surface area contributed by atoms with Gasteiger partial charge in [-0.1, -0.05) is 11.6 Å². The number of hydrogen-bond donors (Lipinski definition) is 1. The number of rotatable bonds is 3. The molecule has 0 saturated carbocycles. The summed E-state index contributed by atoms with van der Waals surface area (Å²) in [5.41, 5.74) is 5.58. The fourth-order valence-electron chi connectivity index (χ4n) is 1.91. The molecule has 2 rings (SSSR count). The average molecular weight is 281 g/mol. The van der Waals surface area contributed by atoms with Crippen molar-refractivity contribution in [3.8, 4) is 0 Å². The van der Waals surface area contributed by atoms with Crippen molar-refractivity contribution < 1.29 is 8.42 Å². The van der Waals surface area contributed by atoms with Crippen LogP contribution in [0.4, 0.5) is 0 Å². The van der Waals surface area contributed by atoms with Crippen LogP contribution in [0, 0.1) is 0 Å². The maximum atomic E-state index is 12.2. The minimum atomic E-state index is -3.39. The lowest BCUT2D eigenvalue weighted by Gasteiger charge is -2.21. The minimum absolute atomic E-state index is 0.0640. The third-order valence-electron chi connectivity index (χ3n) is 2.71. The Hall–Kier alpha value is -0.140. The molecule has 0 aromatic carbocycles. The molecular formula is C9H13ClN2O2S2. The smallest absolute Gasteiger partial charge is 0.252 e. The summed E-state index contributed by atoms with van der Waals surface area (Å²) in [7, 11) is -3.39. The van der Waals surface area contributed by atoms with Crippen LogP contribution in [0.2, 0.25) is 4.34 Å². The Morgan fingerprint density at radius 2 is 2.31 bits per heavy atom. The van der Waals surface area contributed by atoms with E-state index in [9.17, 15) is 8.42 Å². The van der Waals surface area contributed by atoms with Crippen molar-refractivity contribution in [2.45, 2.75) is 23.1 Å². The molecule has 2 N–H and O–H groups in total. The van der Waals surface area contributed by atoms with Crippen molar-refractivity contribution in [3.05, 3.63) is 16.5 Å². The zero-order valence-corrected chi connectivity index (χ0v) is 11.0. The average Bonchev–Trinajstić information content (AvgIpc) is 2.85. The van der Waals surface area contributed by atoms with Gasteiger partial charge in [-0.3, -0.25) is 0 Å². The number of halogens is 1. The Morgan fingerprint density at radius 1 is 1.56 bits per heavy atom. The van der Waals surface area contributed by atoms with E-state index < -0.39 is 10.0 Å². The molecule has 4 nitrogen and oxygen atoms in total. The Bertz CT molecular complexity index is 472. The van der Waals surface area contributed by atoms with Crippen molar-refractivity contribution in [1.82, 2.24) is 4.31 Å². The lowest BCUT2D eigenvalue weighted by Crippen LogP contribution is -2.39. The predicted molar refractivity (Wildman–Crippen MR) is 65.3 cm³/mol. The van der Waals surface area contributed by atoms with Gasteiger partial charge in [0.2, 0.25) is 0 Å². The first kappa shape index (κ1) is 12.3. The summed E-state index contributed by atoms with van der Waals surface area (Å²) in [5.74, 6) is 0. The van der Waals surface area contributed by atoms with E-state index >= 15 is 0 Å². The van der Waals surface area contributed by atoms with Gasteiger partial charge < -0.3 is 5.73 Å². The van der Waals surface area contributed by atoms with Gasteiger partial charge in [-0.25, -0.2) is 8.42 Å². The monoisotopic (exact) mass is 280 g/mol. The summed E-state index contributed by atoms with van der Waals surface area (Å²) in [5, 5.41) is 0. The first-order valence-electron chi connectivity index (χ1n) is 5.03. The van der Waals surface area contributed by atoms with E-state index in [0.29, 0.717) is 21.6 Å². The summed E-state index contributed by atoms with van der Waals surface area (Å²) >= 11 is 6.84. The first-order chi connectivity index (χ1) is 7.55. The fourth-order valence-corrected chi connectivity index (χ4v) is 5.23. The quantitative estimate of drug-likeness (QED) is 0.913. The molecule has 1 aliphatic heterocycles. The van der Waals surface area contributed by atoms with Crippen LogP contribution in [0.3, 0.4) is 0 Å². The Morgan fingerprint density at radius 3 is 2.88 bits per heavy atom.